The molecule has 1 aromatic heterocycles. The number of aliphatic hydroxyl groups is 1. The number of hydrogen-bond acceptors (Lipinski definition) is 4. The predicted molar refractivity (Wildman–Crippen MR) is 64.8 cm³/mol. The normalized spacial score (nSPS) is 24.7. The van der Waals surface area contributed by atoms with Gasteiger partial charge in [0, 0.05) is 25.0 Å². The van der Waals surface area contributed by atoms with E-state index in [0.717, 1.165) is 25.2 Å². The van der Waals surface area contributed by atoms with E-state index >= 15 is 0 Å². The topological polar surface area (TPSA) is 79.5 Å². The summed E-state index contributed by atoms with van der Waals surface area (Å²) in [6.45, 7) is 3.59. The Hall–Kier alpha value is -1.62. The van der Waals surface area contributed by atoms with E-state index in [0.29, 0.717) is 0 Å². The van der Waals surface area contributed by atoms with Crippen LogP contribution in [0.25, 0.3) is 0 Å². The molecule has 5 nitrogen and oxygen atoms in total. The van der Waals surface area contributed by atoms with Gasteiger partial charge in [-0.15, -0.1) is 0 Å². The molecule has 2 heterocycles. The Morgan fingerprint density at radius 3 is 3.06 bits per heavy atom. The zero-order valence-corrected chi connectivity index (χ0v) is 9.84. The second-order valence-corrected chi connectivity index (χ2v) is 4.54. The van der Waals surface area contributed by atoms with Crippen molar-refractivity contribution in [3.05, 3.63) is 24.0 Å². The van der Waals surface area contributed by atoms with Crippen LogP contribution in [0.4, 0.5) is 5.69 Å². The van der Waals surface area contributed by atoms with Crippen LogP contribution >= 0.6 is 0 Å². The molecule has 92 valence electrons. The van der Waals surface area contributed by atoms with Crippen molar-refractivity contribution in [2.45, 2.75) is 19.4 Å². The molecule has 17 heavy (non-hydrogen) atoms. The average Bonchev–Trinajstić information content (AvgIpc) is 2.33. The first-order valence-electron chi connectivity index (χ1n) is 5.77. The molecule has 0 saturated carbocycles. The van der Waals surface area contributed by atoms with Gasteiger partial charge in [0.25, 0.3) is 5.91 Å². The van der Waals surface area contributed by atoms with Crippen LogP contribution in [0.15, 0.2) is 18.3 Å². The molecule has 2 unspecified atom stereocenters. The molecule has 1 fully saturated rings. The van der Waals surface area contributed by atoms with Crippen molar-refractivity contribution in [3.63, 3.8) is 0 Å². The van der Waals surface area contributed by atoms with Crippen molar-refractivity contribution in [1.29, 1.82) is 0 Å². The molecule has 1 aliphatic rings. The van der Waals surface area contributed by atoms with Crippen molar-refractivity contribution < 1.29 is 9.90 Å². The smallest absolute Gasteiger partial charge is 0.267 e. The number of anilines is 1. The maximum atomic E-state index is 11.1. The third kappa shape index (κ3) is 2.55. The molecule has 0 radical (unpaired) electrons. The lowest BCUT2D eigenvalue weighted by Gasteiger charge is -2.35. The first-order chi connectivity index (χ1) is 8.08. The zero-order valence-electron chi connectivity index (χ0n) is 9.84. The van der Waals surface area contributed by atoms with Crippen molar-refractivity contribution in [3.8, 4) is 0 Å². The van der Waals surface area contributed by atoms with E-state index in [1.165, 1.54) is 0 Å². The maximum Gasteiger partial charge on any atom is 0.267 e. The standard InChI is InChI=1S/C12H17N3O2/c1-8-7-15(5-3-11(8)16)9-2-4-14-10(6-9)12(13)17/h2,4,6,8,11,16H,3,5,7H2,1H3,(H2,13,17). The molecule has 5 heteroatoms. The number of primary amides is 1. The zero-order chi connectivity index (χ0) is 12.4. The highest BCUT2D eigenvalue weighted by atomic mass is 16.3. The molecule has 0 bridgehead atoms. The molecule has 1 aliphatic heterocycles. The number of nitrogens with zero attached hydrogens (tertiary/aromatic N) is 2. The van der Waals surface area contributed by atoms with E-state index in [1.807, 2.05) is 13.0 Å². The molecule has 0 aromatic carbocycles. The number of nitrogens with two attached hydrogens (primary N) is 1. The summed E-state index contributed by atoms with van der Waals surface area (Å²) in [5.41, 5.74) is 6.42. The number of aromatic nitrogens is 1. The van der Waals surface area contributed by atoms with Crippen LogP contribution < -0.4 is 10.6 Å². The van der Waals surface area contributed by atoms with Crippen LogP contribution in [-0.4, -0.2) is 35.2 Å². The Morgan fingerprint density at radius 2 is 2.41 bits per heavy atom. The average molecular weight is 235 g/mol. The van der Waals surface area contributed by atoms with Gasteiger partial charge in [0.05, 0.1) is 6.10 Å². The molecule has 0 aliphatic carbocycles. The van der Waals surface area contributed by atoms with Gasteiger partial charge in [-0.1, -0.05) is 6.92 Å². The summed E-state index contributed by atoms with van der Waals surface area (Å²) in [6.07, 6.45) is 2.10. The minimum absolute atomic E-state index is 0.231. The van der Waals surface area contributed by atoms with E-state index in [-0.39, 0.29) is 17.7 Å². The maximum absolute atomic E-state index is 11.1. The fourth-order valence-electron chi connectivity index (χ4n) is 2.12. The number of piperidine rings is 1. The second kappa shape index (κ2) is 4.71. The highest BCUT2D eigenvalue weighted by Crippen LogP contribution is 2.23. The highest BCUT2D eigenvalue weighted by molar-refractivity contribution is 5.91. The molecule has 2 rings (SSSR count). The lowest BCUT2D eigenvalue weighted by Crippen LogP contribution is -2.42. The Labute approximate surface area is 100 Å². The molecule has 1 aromatic rings. The SMILES string of the molecule is CC1CN(c2ccnc(C(N)=O)c2)CCC1O. The Bertz CT molecular complexity index is 422. The third-order valence-corrected chi connectivity index (χ3v) is 3.22. The number of carbonyl (C=O) groups excluding carboxylic acids is 1. The van der Waals surface area contributed by atoms with Gasteiger partial charge in [-0.3, -0.25) is 9.78 Å². The van der Waals surface area contributed by atoms with E-state index in [9.17, 15) is 9.90 Å². The number of hydrogen-bond donors (Lipinski definition) is 2. The largest absolute Gasteiger partial charge is 0.393 e. The van der Waals surface area contributed by atoms with E-state index in [4.69, 9.17) is 5.73 Å². The quantitative estimate of drug-likeness (QED) is 0.777. The highest BCUT2D eigenvalue weighted by Gasteiger charge is 2.24. The van der Waals surface area contributed by atoms with Gasteiger partial charge >= 0.3 is 0 Å². The minimum Gasteiger partial charge on any atom is -0.393 e. The second-order valence-electron chi connectivity index (χ2n) is 4.54. The van der Waals surface area contributed by atoms with Crippen molar-refractivity contribution in [2.75, 3.05) is 18.0 Å². The van der Waals surface area contributed by atoms with E-state index in [1.54, 1.807) is 12.3 Å². The third-order valence-electron chi connectivity index (χ3n) is 3.22. The van der Waals surface area contributed by atoms with Gasteiger partial charge in [-0.2, -0.15) is 0 Å². The molecule has 3 N–H and O–H groups in total. The molecule has 1 saturated heterocycles. The molecule has 0 spiro atoms. The van der Waals surface area contributed by atoms with Gasteiger partial charge in [-0.25, -0.2) is 0 Å². The molecular weight excluding hydrogens is 218 g/mol. The molecule has 2 atom stereocenters. The molecule has 1 amide bonds. The monoisotopic (exact) mass is 235 g/mol. The summed E-state index contributed by atoms with van der Waals surface area (Å²) in [5.74, 6) is -0.286. The summed E-state index contributed by atoms with van der Waals surface area (Å²) in [4.78, 5) is 17.1. The van der Waals surface area contributed by atoms with Crippen LogP contribution in [0.1, 0.15) is 23.8 Å². The van der Waals surface area contributed by atoms with Gasteiger partial charge in [0.1, 0.15) is 5.69 Å². The lowest BCUT2D eigenvalue weighted by molar-refractivity contribution is 0.0968. The first kappa shape index (κ1) is 11.9. The van der Waals surface area contributed by atoms with Gasteiger partial charge in [0.15, 0.2) is 0 Å². The summed E-state index contributed by atoms with van der Waals surface area (Å²) in [6, 6.07) is 3.56. The first-order valence-corrected chi connectivity index (χ1v) is 5.77. The predicted octanol–water partition coefficient (Wildman–Crippen LogP) is 0.388. The fourth-order valence-corrected chi connectivity index (χ4v) is 2.12. The summed E-state index contributed by atoms with van der Waals surface area (Å²) in [7, 11) is 0. The van der Waals surface area contributed by atoms with Crippen LogP contribution in [0.5, 0.6) is 0 Å². The lowest BCUT2D eigenvalue weighted by atomic mass is 9.96. The van der Waals surface area contributed by atoms with Gasteiger partial charge in [0.2, 0.25) is 0 Å². The number of amides is 1. The van der Waals surface area contributed by atoms with Crippen molar-refractivity contribution in [2.24, 2.45) is 11.7 Å². The van der Waals surface area contributed by atoms with Gasteiger partial charge < -0.3 is 15.7 Å². The summed E-state index contributed by atoms with van der Waals surface area (Å²) < 4.78 is 0. The Morgan fingerprint density at radius 1 is 1.65 bits per heavy atom. The Kier molecular flexibility index (Phi) is 3.28. The van der Waals surface area contributed by atoms with E-state index < -0.39 is 5.91 Å². The van der Waals surface area contributed by atoms with E-state index in [2.05, 4.69) is 9.88 Å². The van der Waals surface area contributed by atoms with Crippen LogP contribution in [-0.2, 0) is 0 Å². The minimum atomic E-state index is -0.517. The number of rotatable bonds is 2. The van der Waals surface area contributed by atoms with Gasteiger partial charge in [-0.05, 0) is 24.5 Å². The summed E-state index contributed by atoms with van der Waals surface area (Å²) in [5, 5.41) is 9.67. The van der Waals surface area contributed by atoms with Crippen molar-refractivity contribution in [1.82, 2.24) is 4.98 Å². The fraction of sp³-hybridized carbons (Fsp3) is 0.500. The summed E-state index contributed by atoms with van der Waals surface area (Å²) >= 11 is 0. The number of carbonyl (C=O) groups is 1. The molecular formula is C12H17N3O2. The van der Waals surface area contributed by atoms with Crippen LogP contribution in [0, 0.1) is 5.92 Å². The van der Waals surface area contributed by atoms with Crippen molar-refractivity contribution >= 4 is 11.6 Å². The van der Waals surface area contributed by atoms with Crippen LogP contribution in [0.2, 0.25) is 0 Å². The Balaban J connectivity index is 2.17. The number of aliphatic hydroxyl groups excluding tert-OH is 1. The number of pyridine rings is 1. The van der Waals surface area contributed by atoms with Crippen LogP contribution in [0.3, 0.4) is 0 Å².